The first-order valence-corrected chi connectivity index (χ1v) is 5.72. The van der Waals surface area contributed by atoms with Crippen LogP contribution in [-0.2, 0) is 4.79 Å². The Morgan fingerprint density at radius 1 is 1.17 bits per heavy atom. The average Bonchev–Trinajstić information content (AvgIpc) is 2.38. The van der Waals surface area contributed by atoms with Gasteiger partial charge in [0.2, 0.25) is 5.91 Å². The minimum absolute atomic E-state index is 0.0145. The second-order valence-electron chi connectivity index (χ2n) is 4.11. The summed E-state index contributed by atoms with van der Waals surface area (Å²) in [5, 5.41) is 0. The summed E-state index contributed by atoms with van der Waals surface area (Å²) in [6, 6.07) is 9.60. The summed E-state index contributed by atoms with van der Waals surface area (Å²) in [6.45, 7) is 3.41. The van der Waals surface area contributed by atoms with Crippen molar-refractivity contribution >= 4 is 11.6 Å². The SMILES string of the molecule is CC(=O)N(C)c1ccc(-c2ccnc(C)n2)cc1. The van der Waals surface area contributed by atoms with Crippen LogP contribution in [0.2, 0.25) is 0 Å². The smallest absolute Gasteiger partial charge is 0.223 e. The maximum absolute atomic E-state index is 11.2. The molecule has 0 saturated carbocycles. The van der Waals surface area contributed by atoms with Crippen molar-refractivity contribution in [2.75, 3.05) is 11.9 Å². The van der Waals surface area contributed by atoms with Gasteiger partial charge < -0.3 is 4.90 Å². The van der Waals surface area contributed by atoms with E-state index in [0.29, 0.717) is 0 Å². The second-order valence-corrected chi connectivity index (χ2v) is 4.11. The first-order chi connectivity index (χ1) is 8.58. The van der Waals surface area contributed by atoms with Crippen molar-refractivity contribution in [1.82, 2.24) is 9.97 Å². The number of aryl methyl sites for hydroxylation is 1. The molecule has 92 valence electrons. The maximum atomic E-state index is 11.2. The molecule has 1 aromatic heterocycles. The van der Waals surface area contributed by atoms with Gasteiger partial charge in [0.15, 0.2) is 0 Å². The predicted molar refractivity (Wildman–Crippen MR) is 71.3 cm³/mol. The van der Waals surface area contributed by atoms with Gasteiger partial charge in [-0.15, -0.1) is 0 Å². The number of rotatable bonds is 2. The molecule has 0 aliphatic rings. The van der Waals surface area contributed by atoms with E-state index in [-0.39, 0.29) is 5.91 Å². The van der Waals surface area contributed by atoms with Crippen LogP contribution in [-0.4, -0.2) is 22.9 Å². The van der Waals surface area contributed by atoms with E-state index < -0.39 is 0 Å². The van der Waals surface area contributed by atoms with Gasteiger partial charge in [0.1, 0.15) is 5.82 Å². The highest BCUT2D eigenvalue weighted by molar-refractivity contribution is 5.91. The topological polar surface area (TPSA) is 46.1 Å². The van der Waals surface area contributed by atoms with Crippen LogP contribution in [0.5, 0.6) is 0 Å². The van der Waals surface area contributed by atoms with Gasteiger partial charge in [-0.2, -0.15) is 0 Å². The third kappa shape index (κ3) is 2.53. The first-order valence-electron chi connectivity index (χ1n) is 5.72. The molecule has 0 N–H and O–H groups in total. The lowest BCUT2D eigenvalue weighted by atomic mass is 10.1. The zero-order chi connectivity index (χ0) is 13.1. The fourth-order valence-electron chi connectivity index (χ4n) is 1.65. The molecule has 0 bridgehead atoms. The molecule has 4 nitrogen and oxygen atoms in total. The van der Waals surface area contributed by atoms with Crippen molar-refractivity contribution < 1.29 is 4.79 Å². The molecule has 18 heavy (non-hydrogen) atoms. The molecule has 0 radical (unpaired) electrons. The van der Waals surface area contributed by atoms with Crippen LogP contribution in [0.4, 0.5) is 5.69 Å². The number of amides is 1. The zero-order valence-corrected chi connectivity index (χ0v) is 10.7. The molecule has 1 amide bonds. The molecule has 0 atom stereocenters. The van der Waals surface area contributed by atoms with Gasteiger partial charge in [-0.05, 0) is 25.1 Å². The van der Waals surface area contributed by atoms with Crippen molar-refractivity contribution in [3.63, 3.8) is 0 Å². The Kier molecular flexibility index (Phi) is 3.37. The average molecular weight is 241 g/mol. The highest BCUT2D eigenvalue weighted by Crippen LogP contribution is 2.21. The van der Waals surface area contributed by atoms with E-state index in [1.807, 2.05) is 37.3 Å². The van der Waals surface area contributed by atoms with Crippen LogP contribution < -0.4 is 4.90 Å². The van der Waals surface area contributed by atoms with Gasteiger partial charge in [0, 0.05) is 31.4 Å². The number of benzene rings is 1. The van der Waals surface area contributed by atoms with Gasteiger partial charge in [-0.1, -0.05) is 12.1 Å². The standard InChI is InChI=1S/C14H15N3O/c1-10-15-9-8-14(16-10)12-4-6-13(7-5-12)17(3)11(2)18/h4-9H,1-3H3. The predicted octanol–water partition coefficient (Wildman–Crippen LogP) is 2.43. The van der Waals surface area contributed by atoms with Crippen LogP contribution in [0, 0.1) is 6.92 Å². The molecular formula is C14H15N3O. The summed E-state index contributed by atoms with van der Waals surface area (Å²) >= 11 is 0. The Labute approximate surface area is 106 Å². The normalized spacial score (nSPS) is 10.2. The van der Waals surface area contributed by atoms with Crippen molar-refractivity contribution in [2.45, 2.75) is 13.8 Å². The second kappa shape index (κ2) is 4.96. The number of nitrogens with zero attached hydrogens (tertiary/aromatic N) is 3. The van der Waals surface area contributed by atoms with Crippen LogP contribution in [0.15, 0.2) is 36.5 Å². The van der Waals surface area contributed by atoms with E-state index in [0.717, 1.165) is 22.8 Å². The van der Waals surface area contributed by atoms with Gasteiger partial charge in [-0.25, -0.2) is 9.97 Å². The van der Waals surface area contributed by atoms with E-state index >= 15 is 0 Å². The van der Waals surface area contributed by atoms with Crippen LogP contribution >= 0.6 is 0 Å². The molecule has 0 unspecified atom stereocenters. The Balaban J connectivity index is 2.30. The molecule has 0 spiro atoms. The number of hydrogen-bond donors (Lipinski definition) is 0. The van der Waals surface area contributed by atoms with Crippen molar-refractivity contribution in [3.05, 3.63) is 42.4 Å². The first kappa shape index (κ1) is 12.2. The largest absolute Gasteiger partial charge is 0.316 e. The Morgan fingerprint density at radius 2 is 1.83 bits per heavy atom. The summed E-state index contributed by atoms with van der Waals surface area (Å²) in [5.74, 6) is 0.762. The minimum atomic E-state index is 0.0145. The molecule has 0 aliphatic heterocycles. The van der Waals surface area contributed by atoms with Crippen LogP contribution in [0.3, 0.4) is 0 Å². The lowest BCUT2D eigenvalue weighted by molar-refractivity contribution is -0.116. The molecule has 0 aliphatic carbocycles. The highest BCUT2D eigenvalue weighted by Gasteiger charge is 2.06. The van der Waals surface area contributed by atoms with E-state index in [1.54, 1.807) is 25.1 Å². The van der Waals surface area contributed by atoms with Gasteiger partial charge in [-0.3, -0.25) is 4.79 Å². The quantitative estimate of drug-likeness (QED) is 0.811. The van der Waals surface area contributed by atoms with Gasteiger partial charge in [0.05, 0.1) is 5.69 Å². The fraction of sp³-hybridized carbons (Fsp3) is 0.214. The highest BCUT2D eigenvalue weighted by atomic mass is 16.2. The number of aromatic nitrogens is 2. The summed E-state index contributed by atoms with van der Waals surface area (Å²) in [4.78, 5) is 21.3. The molecule has 2 aromatic rings. The van der Waals surface area contributed by atoms with Gasteiger partial charge in [0.25, 0.3) is 0 Å². The summed E-state index contributed by atoms with van der Waals surface area (Å²) in [5.41, 5.74) is 2.78. The molecule has 2 rings (SSSR count). The third-order valence-corrected chi connectivity index (χ3v) is 2.80. The molecule has 0 fully saturated rings. The van der Waals surface area contributed by atoms with Crippen molar-refractivity contribution in [2.24, 2.45) is 0 Å². The minimum Gasteiger partial charge on any atom is -0.316 e. The Bertz CT molecular complexity index is 564. The lowest BCUT2D eigenvalue weighted by Gasteiger charge is -2.15. The molecule has 4 heteroatoms. The van der Waals surface area contributed by atoms with E-state index in [1.165, 1.54) is 0 Å². The van der Waals surface area contributed by atoms with E-state index in [4.69, 9.17) is 0 Å². The maximum Gasteiger partial charge on any atom is 0.223 e. The third-order valence-electron chi connectivity index (χ3n) is 2.80. The van der Waals surface area contributed by atoms with Crippen LogP contribution in [0.1, 0.15) is 12.7 Å². The molecular weight excluding hydrogens is 226 g/mol. The van der Waals surface area contributed by atoms with Crippen LogP contribution in [0.25, 0.3) is 11.3 Å². The fourth-order valence-corrected chi connectivity index (χ4v) is 1.65. The summed E-state index contributed by atoms with van der Waals surface area (Å²) < 4.78 is 0. The number of carbonyl (C=O) groups is 1. The van der Waals surface area contributed by atoms with E-state index in [2.05, 4.69) is 9.97 Å². The Morgan fingerprint density at radius 3 is 2.39 bits per heavy atom. The van der Waals surface area contributed by atoms with Crippen molar-refractivity contribution in [1.29, 1.82) is 0 Å². The number of carbonyl (C=O) groups excluding carboxylic acids is 1. The number of anilines is 1. The Hall–Kier alpha value is -2.23. The molecule has 1 heterocycles. The molecule has 1 aromatic carbocycles. The van der Waals surface area contributed by atoms with Gasteiger partial charge >= 0.3 is 0 Å². The van der Waals surface area contributed by atoms with Crippen molar-refractivity contribution in [3.8, 4) is 11.3 Å². The summed E-state index contributed by atoms with van der Waals surface area (Å²) in [6.07, 6.45) is 1.74. The lowest BCUT2D eigenvalue weighted by Crippen LogP contribution is -2.22. The monoisotopic (exact) mass is 241 g/mol. The van der Waals surface area contributed by atoms with E-state index in [9.17, 15) is 4.79 Å². The zero-order valence-electron chi connectivity index (χ0n) is 10.7. The molecule has 0 saturated heterocycles. The number of hydrogen-bond acceptors (Lipinski definition) is 3. The summed E-state index contributed by atoms with van der Waals surface area (Å²) in [7, 11) is 1.76.